The standard InChI is InChI=1S/C44H53NO3S.C24H24O2S.C21H29N3O2S.C11H11N.C8H16O.C2H3F3O.C2HF3O.CH4.H3N/c1-32(28-29-49-44(35-20-9-6-10-21-35,36-22-11-7-12-23-36)37-24-13-8-14-25-37)41(46)30-39(43(3,4)31-33(2)48-5)42(47)45-40-27-17-19-34-18-15-16-26-38(34)40;1-19(23(25)26)17-18-27-24(20-11-5-2-6-12-20,21-13-7-3-8-14-21)22-15-9-4-10-16-22;1-21(2)12-17-24(20(26)15(22)10-11-27-17)18(21)19(25)23-16-9-5-7-13-6-3-4-8-14(13)16;1-12-11-8-4-6-9-5-2-3-7-10(9)11;1-7(2)5-8(3,4)6-9;2*3-2(4,5)1-6;;/h6-16,18,20-26,32-33,39-40H,17,19,27-31H2,1-5H3,(H,45,47);2-16,19H,17-18H2,1H3,(H,25,26);3-4,6,8,15-18H,5,7,9-12,22H2,1-2H3,(H,23,25);2-3,5,7,11H,4,6,8H2;6-7H,5H2,1-4H3;6H,1H2;1H;1H4;1H3/t32-,33?,39?,40+;19-;15-,16+,17-,18?;11-;;;;;/m0001...../s1. The van der Waals surface area contributed by atoms with E-state index >= 15 is 0 Å². The minimum atomic E-state index is -4.64. The summed E-state index contributed by atoms with van der Waals surface area (Å²) in [6.07, 6.45) is 5.11. The molecular weight excluding hydrogens is 1810 g/mol. The Balaban J connectivity index is 0.000000279. The molecule has 0 saturated carbocycles. The highest BCUT2D eigenvalue weighted by Gasteiger charge is 2.54. The number of carbonyl (C=O) groups excluding carboxylic acids is 6. The third kappa shape index (κ3) is 33.8. The quantitative estimate of drug-likeness (QED) is 0.0110. The molecule has 0 bridgehead atoms. The fraction of sp³-hybridized carbons (Fsp3) is 0.451. The van der Waals surface area contributed by atoms with E-state index in [0.717, 1.165) is 94.2 Å². The number of benzene rings is 9. The summed E-state index contributed by atoms with van der Waals surface area (Å²) in [4.78, 5) is 90.4. The van der Waals surface area contributed by atoms with Crippen molar-refractivity contribution in [3.63, 3.8) is 0 Å². The summed E-state index contributed by atoms with van der Waals surface area (Å²) >= 11 is 5.46. The largest absolute Gasteiger partial charge is 0.481 e. The maximum absolute atomic E-state index is 14.2. The zero-order valence-corrected chi connectivity index (χ0v) is 83.7. The number of Topliss-reactive ketones (excluding diaryl/α,β-unsaturated/α-hetero) is 1. The summed E-state index contributed by atoms with van der Waals surface area (Å²) in [6, 6.07) is 87.8. The van der Waals surface area contributed by atoms with Crippen molar-refractivity contribution in [2.24, 2.45) is 45.7 Å². The molecule has 2 aliphatic heterocycles. The first-order valence-electron chi connectivity index (χ1n) is 47.2. The number of amides is 3. The van der Waals surface area contributed by atoms with Gasteiger partial charge in [-0.15, -0.1) is 35.3 Å². The zero-order chi connectivity index (χ0) is 99.4. The molecule has 9 N–H and O–H groups in total. The van der Waals surface area contributed by atoms with E-state index in [9.17, 15) is 60.2 Å². The molecule has 746 valence electrons. The number of nitrogens with two attached hydrogens (primary N) is 1. The van der Waals surface area contributed by atoms with Crippen LogP contribution in [-0.4, -0.2) is 124 Å². The number of aliphatic hydroxyl groups is 1. The second kappa shape index (κ2) is 55.7. The number of halogens is 6. The van der Waals surface area contributed by atoms with Crippen molar-refractivity contribution in [3.05, 3.63) is 333 Å². The van der Waals surface area contributed by atoms with Gasteiger partial charge in [-0.3, -0.25) is 28.8 Å². The molecule has 3 unspecified atom stereocenters. The Morgan fingerprint density at radius 1 is 0.565 bits per heavy atom. The fourth-order valence-corrected chi connectivity index (χ4v) is 23.7. The summed E-state index contributed by atoms with van der Waals surface area (Å²) in [5, 5.41) is 23.3. The monoisotopic (exact) mass is 1960 g/mol. The number of aryl methyl sites for hydroxylation is 3. The maximum atomic E-state index is 14.2. The van der Waals surface area contributed by atoms with Crippen molar-refractivity contribution >= 4 is 77.3 Å². The predicted molar refractivity (Wildman–Crippen MR) is 550 cm³/mol. The Morgan fingerprint density at radius 2 is 0.928 bits per heavy atom. The molecule has 2 fully saturated rings. The van der Waals surface area contributed by atoms with Gasteiger partial charge >= 0.3 is 18.3 Å². The molecule has 0 aromatic heterocycles. The molecule has 3 aliphatic carbocycles. The number of carbonyl (C=O) groups is 7. The molecule has 10 atom stereocenters. The van der Waals surface area contributed by atoms with E-state index in [4.69, 9.17) is 26.9 Å². The number of carboxylic acids is 1. The van der Waals surface area contributed by atoms with E-state index in [1.54, 1.807) is 30.7 Å². The van der Waals surface area contributed by atoms with E-state index in [1.807, 2.05) is 81.6 Å². The Morgan fingerprint density at radius 3 is 1.28 bits per heavy atom. The summed E-state index contributed by atoms with van der Waals surface area (Å²) in [7, 11) is 1.71. The highest BCUT2D eigenvalue weighted by atomic mass is 32.2. The molecule has 14 rings (SSSR count). The van der Waals surface area contributed by atoms with Gasteiger partial charge in [0.2, 0.25) is 30.0 Å². The van der Waals surface area contributed by atoms with Crippen LogP contribution in [0.4, 0.5) is 26.3 Å². The first-order chi connectivity index (χ1) is 64.7. The number of methoxy groups -OCH3 is 1. The minimum Gasteiger partial charge on any atom is -0.481 e. The first kappa shape index (κ1) is 117. The SMILES string of the molecule is C.CC(C)CC(C)(C)C=O.CC1(C)C[C@@H]2SCC[C@H](N)C(=O)N2C1C(=O)N[C@@H]1CCCc2ccccc21.COC(C)CC(C)(C)C(CC(=O)[C@@H](C)CCSC(c1ccccc1)(c1ccccc1)c1ccccc1)C(=O)N[C@@H]1CCCc2ccccc21.C[C@@H](CCSC(c1ccccc1)(c1ccccc1)c1ccccc1)C(=O)O.N.O=CC(F)(F)F.OCC(F)(F)F.[C-]#[N+][C@@H]1CCCc2ccccc21. The van der Waals surface area contributed by atoms with Crippen LogP contribution in [0.3, 0.4) is 0 Å². The summed E-state index contributed by atoms with van der Waals surface area (Å²) < 4.78 is 67.7. The molecule has 2 heterocycles. The molecular formula is C113H144F6N6O10S3. The third-order valence-electron chi connectivity index (χ3n) is 25.7. The summed E-state index contributed by atoms with van der Waals surface area (Å²) in [5.41, 5.74) is 20.2. The highest BCUT2D eigenvalue weighted by molar-refractivity contribution is 8.01. The number of thioether (sulfide) groups is 3. The molecule has 3 amide bonds. The fourth-order valence-electron chi connectivity index (χ4n) is 18.7. The van der Waals surface area contributed by atoms with Crippen molar-refractivity contribution in [2.45, 2.75) is 250 Å². The summed E-state index contributed by atoms with van der Waals surface area (Å²) in [5.74, 6) is 1.31. The molecule has 9 aromatic rings. The van der Waals surface area contributed by atoms with Gasteiger partial charge in [0.25, 0.3) is 0 Å². The van der Waals surface area contributed by atoms with Gasteiger partial charge in [-0.1, -0.05) is 331 Å². The molecule has 25 heteroatoms. The highest BCUT2D eigenvalue weighted by Crippen LogP contribution is 2.52. The van der Waals surface area contributed by atoms with Gasteiger partial charge in [0.1, 0.15) is 24.7 Å². The second-order valence-electron chi connectivity index (χ2n) is 38.2. The van der Waals surface area contributed by atoms with Crippen LogP contribution in [0, 0.1) is 46.5 Å². The van der Waals surface area contributed by atoms with Crippen LogP contribution in [-0.2, 0) is 67.1 Å². The van der Waals surface area contributed by atoms with Crippen molar-refractivity contribution in [2.75, 3.05) is 31.0 Å². The Bertz CT molecular complexity index is 5060. The number of fused-ring (bicyclic) bond motifs is 4. The molecule has 16 nitrogen and oxygen atoms in total. The van der Waals surface area contributed by atoms with Crippen LogP contribution in [0.2, 0.25) is 0 Å². The number of carboxylic acid groups (broad SMARTS) is 1. The van der Waals surface area contributed by atoms with Gasteiger partial charge in [-0.05, 0) is 192 Å². The zero-order valence-electron chi connectivity index (χ0n) is 81.2. The Hall–Kier alpha value is -10.2. The van der Waals surface area contributed by atoms with Crippen molar-refractivity contribution in [1.29, 1.82) is 0 Å². The average Bonchev–Trinajstić information content (AvgIpc) is 1.21. The molecule has 138 heavy (non-hydrogen) atoms. The van der Waals surface area contributed by atoms with Crippen LogP contribution in [0.15, 0.2) is 255 Å². The number of hydrogen-bond donors (Lipinski definition) is 6. The van der Waals surface area contributed by atoms with Gasteiger partial charge in [0.05, 0.1) is 50.9 Å². The minimum absolute atomic E-state index is 0. The number of rotatable bonds is 29. The maximum Gasteiger partial charge on any atom is 0.446 e. The number of ketones is 1. The lowest BCUT2D eigenvalue weighted by molar-refractivity contribution is -0.159. The number of alkyl halides is 6. The lowest BCUT2D eigenvalue weighted by Gasteiger charge is -2.37. The van der Waals surface area contributed by atoms with E-state index in [1.165, 1.54) is 73.2 Å². The van der Waals surface area contributed by atoms with Crippen LogP contribution < -0.4 is 22.5 Å². The summed E-state index contributed by atoms with van der Waals surface area (Å²) in [6.45, 7) is 27.8. The van der Waals surface area contributed by atoms with Gasteiger partial charge < -0.3 is 52.0 Å². The van der Waals surface area contributed by atoms with Crippen molar-refractivity contribution in [3.8, 4) is 0 Å². The van der Waals surface area contributed by atoms with Crippen LogP contribution in [0.5, 0.6) is 0 Å². The topological polar surface area (TPSA) is 262 Å². The lowest BCUT2D eigenvalue weighted by atomic mass is 9.71. The molecule has 2 saturated heterocycles. The van der Waals surface area contributed by atoms with Gasteiger partial charge in [0.15, 0.2) is 0 Å². The predicted octanol–water partition coefficient (Wildman–Crippen LogP) is 25.7. The van der Waals surface area contributed by atoms with Crippen LogP contribution in [0.1, 0.15) is 252 Å². The number of hydrogen-bond acceptors (Lipinski definition) is 14. The number of aliphatic carboxylic acids is 1. The Labute approximate surface area is 828 Å². The van der Waals surface area contributed by atoms with E-state index in [0.29, 0.717) is 25.2 Å². The first-order valence-corrected chi connectivity index (χ1v) is 50.2. The molecule has 5 aliphatic rings. The number of aliphatic hydroxyl groups excluding tert-OH is 1. The molecule has 0 spiro atoms. The molecule has 0 radical (unpaired) electrons. The number of aldehydes is 2. The number of nitrogens with zero attached hydrogens (tertiary/aromatic N) is 2. The number of ether oxygens (including phenoxy) is 1. The van der Waals surface area contributed by atoms with Crippen molar-refractivity contribution < 1.29 is 74.9 Å². The molecule has 9 aromatic carbocycles. The second-order valence-corrected chi connectivity index (χ2v) is 42.1. The van der Waals surface area contributed by atoms with Crippen molar-refractivity contribution in [1.82, 2.24) is 21.7 Å². The Kier molecular flexibility index (Phi) is 47.1. The lowest BCUT2D eigenvalue weighted by Crippen LogP contribution is -2.55. The van der Waals surface area contributed by atoms with Gasteiger partial charge in [-0.2, -0.15) is 26.3 Å². The van der Waals surface area contributed by atoms with Crippen LogP contribution in [0.25, 0.3) is 4.85 Å². The van der Waals surface area contributed by atoms with E-state index in [-0.39, 0.29) is 101 Å². The smallest absolute Gasteiger partial charge is 0.446 e. The van der Waals surface area contributed by atoms with E-state index in [2.05, 4.69) is 281 Å². The van der Waals surface area contributed by atoms with Gasteiger partial charge in [0, 0.05) is 36.8 Å². The normalized spacial score (nSPS) is 18.3. The van der Waals surface area contributed by atoms with Crippen LogP contribution >= 0.6 is 35.3 Å². The average molecular weight is 1960 g/mol. The third-order valence-corrected chi connectivity index (χ3v) is 30.1. The number of nitrogens with one attached hydrogen (secondary N) is 2. The van der Waals surface area contributed by atoms with E-state index < -0.39 is 59.4 Å². The van der Waals surface area contributed by atoms with Gasteiger partial charge in [-0.25, -0.2) is 6.57 Å².